The van der Waals surface area contributed by atoms with Crippen molar-refractivity contribution >= 4 is 25.3 Å². The van der Waals surface area contributed by atoms with Crippen molar-refractivity contribution < 1.29 is 34.6 Å². The van der Waals surface area contributed by atoms with Gasteiger partial charge < -0.3 is 4.79 Å². The Morgan fingerprint density at radius 3 is 1.67 bits per heavy atom. The second kappa shape index (κ2) is 27.2. The van der Waals surface area contributed by atoms with Gasteiger partial charge in [-0.15, -0.1) is 0 Å². The molecule has 0 amide bonds. The minimum atomic E-state index is -0.478. The van der Waals surface area contributed by atoms with Crippen molar-refractivity contribution in [2.75, 3.05) is 19.0 Å². The van der Waals surface area contributed by atoms with E-state index in [9.17, 15) is 0 Å². The normalized spacial score (nSPS) is 6.00. The summed E-state index contributed by atoms with van der Waals surface area (Å²) in [5, 5.41) is 0. The van der Waals surface area contributed by atoms with Gasteiger partial charge in [-0.2, -0.15) is 6.92 Å². The number of halogens is 1. The number of benzene rings is 1. The van der Waals surface area contributed by atoms with Crippen molar-refractivity contribution in [2.45, 2.75) is 6.92 Å². The summed E-state index contributed by atoms with van der Waals surface area (Å²) in [6.45, 7) is 14.8. The average Bonchev–Trinajstić information content (AvgIpc) is 2.55. The Balaban J connectivity index is -0.000000136. The molecule has 1 rings (SSSR count). The standard InChI is InChI=1S/C9H10N.C2H3O.3CO.BrH.W/c1-8-4-6-9(7-5-8)10(2)3;1-2-3;3*1-2;;/h4-7H,2-3H3;1H3;;;;1H;/q;-1;;;;;+1/p-1. The summed E-state index contributed by atoms with van der Waals surface area (Å²) < 4.78 is 25.8. The van der Waals surface area contributed by atoms with Gasteiger partial charge in [-0.05, 0) is 0 Å². The monoisotopic (exact) mass is 522 g/mol. The predicted molar refractivity (Wildman–Crippen MR) is 75.8 cm³/mol. The number of hydrogen-bond acceptors (Lipinski definition) is 2. The van der Waals surface area contributed by atoms with Crippen LogP contribution in [0.5, 0.6) is 0 Å². The summed E-state index contributed by atoms with van der Waals surface area (Å²) in [5.41, 5.74) is 2.45. The molecule has 0 N–H and O–H groups in total. The van der Waals surface area contributed by atoms with Crippen LogP contribution in [0.4, 0.5) is 5.69 Å². The molecule has 5 nitrogen and oxygen atoms in total. The van der Waals surface area contributed by atoms with Crippen LogP contribution in [0.2, 0.25) is 0 Å². The maximum absolute atomic E-state index is 8.68. The average molecular weight is 523 g/mol. The predicted octanol–water partition coefficient (Wildman–Crippen LogP) is 2.46. The molecule has 0 saturated carbocycles. The van der Waals surface area contributed by atoms with Gasteiger partial charge in [0.05, 0.1) is 0 Å². The van der Waals surface area contributed by atoms with E-state index < -0.39 is 15.8 Å². The molecule has 0 aliphatic rings. The summed E-state index contributed by atoms with van der Waals surface area (Å²) in [5.74, 6) is 0. The summed E-state index contributed by atoms with van der Waals surface area (Å²) in [7, 11) is 4.09. The molecule has 0 heterocycles. The molecule has 0 saturated heterocycles. The van der Waals surface area contributed by atoms with E-state index >= 15 is 0 Å². The molecule has 0 atom stereocenters. The van der Waals surface area contributed by atoms with Crippen LogP contribution in [0.3, 0.4) is 0 Å². The molecule has 0 unspecified atom stereocenters. The van der Waals surface area contributed by atoms with Gasteiger partial charge in [-0.1, -0.05) is 0 Å². The number of nitrogens with zero attached hydrogens (tertiary/aromatic N) is 1. The van der Waals surface area contributed by atoms with Crippen LogP contribution in [0.1, 0.15) is 12.5 Å². The van der Waals surface area contributed by atoms with Crippen LogP contribution < -0.4 is 4.90 Å². The Morgan fingerprint density at radius 2 is 1.43 bits per heavy atom. The molecule has 1 aromatic rings. The van der Waals surface area contributed by atoms with Crippen LogP contribution in [0.15, 0.2) is 24.3 Å². The Hall–Kier alpha value is -1.14. The molecule has 21 heavy (non-hydrogen) atoms. The van der Waals surface area contributed by atoms with Crippen LogP contribution in [-0.2, 0) is 34.6 Å². The van der Waals surface area contributed by atoms with Gasteiger partial charge in [0.15, 0.2) is 0 Å². The number of hydrogen-bond donors (Lipinski definition) is 0. The quantitative estimate of drug-likeness (QED) is 0.419. The van der Waals surface area contributed by atoms with Crippen molar-refractivity contribution in [1.29, 1.82) is 0 Å². The van der Waals surface area contributed by atoms with Crippen LogP contribution in [0, 0.1) is 24.2 Å². The first kappa shape index (κ1) is 28.1. The maximum atomic E-state index is 8.68. The molecule has 1 aromatic carbocycles. The van der Waals surface area contributed by atoms with Gasteiger partial charge in [0.1, 0.15) is 0 Å². The molecule has 112 valence electrons. The molecular formula is C14H13BrNO4W-. The summed E-state index contributed by atoms with van der Waals surface area (Å²) in [6.07, 6.45) is 1.50. The van der Waals surface area contributed by atoms with Gasteiger partial charge in [0, 0.05) is 0 Å². The summed E-state index contributed by atoms with van der Waals surface area (Å²) in [6, 6.07) is 8.45. The molecule has 0 aliphatic carbocycles. The Labute approximate surface area is 139 Å². The van der Waals surface area contributed by atoms with Crippen molar-refractivity contribution in [3.63, 3.8) is 0 Å². The molecule has 0 radical (unpaired) electrons. The molecule has 0 aromatic heterocycles. The molecule has 0 fully saturated rings. The van der Waals surface area contributed by atoms with Gasteiger partial charge in [0.25, 0.3) is 0 Å². The van der Waals surface area contributed by atoms with E-state index in [4.69, 9.17) is 18.8 Å². The third-order valence-electron chi connectivity index (χ3n) is 1.54. The second-order valence-corrected chi connectivity index (χ2v) is 6.76. The first-order chi connectivity index (χ1) is 10.2. The van der Waals surface area contributed by atoms with Crippen molar-refractivity contribution in [1.82, 2.24) is 0 Å². The van der Waals surface area contributed by atoms with Gasteiger partial charge >= 0.3 is 122 Å². The van der Waals surface area contributed by atoms with E-state index in [0.29, 0.717) is 0 Å². The topological polar surface area (TPSA) is 80.0 Å². The van der Waals surface area contributed by atoms with Crippen LogP contribution >= 0.6 is 13.3 Å². The molecule has 0 spiro atoms. The SMILES string of the molecule is CN(C)c1ccc([C]#[W][Br])cc1.C[C-]=O.[C-]#[O+].[C-]#[O+].[C-]#[O+]. The zero-order chi connectivity index (χ0) is 17.7. The van der Waals surface area contributed by atoms with E-state index in [1.165, 1.54) is 24.5 Å². The zero-order valence-corrected chi connectivity index (χ0v) is 16.2. The van der Waals surface area contributed by atoms with Gasteiger partial charge in [-0.25, -0.2) is 0 Å². The number of rotatable bonds is 1. The fourth-order valence-electron chi connectivity index (χ4n) is 0.872. The minimum absolute atomic E-state index is 0.478. The van der Waals surface area contributed by atoms with Gasteiger partial charge in [-0.3, -0.25) is 6.29 Å². The summed E-state index contributed by atoms with van der Waals surface area (Å²) >= 11 is 3.00. The second-order valence-electron chi connectivity index (χ2n) is 2.82. The van der Waals surface area contributed by atoms with E-state index in [1.807, 2.05) is 14.1 Å². The number of anilines is 1. The zero-order valence-electron chi connectivity index (χ0n) is 11.7. The first-order valence-electron chi connectivity index (χ1n) is 4.86. The van der Waals surface area contributed by atoms with Crippen molar-refractivity contribution in [3.05, 3.63) is 49.8 Å². The molecule has 0 aliphatic heterocycles. The number of carbonyl (C=O) groups excluding carboxylic acids is 1. The fraction of sp³-hybridized carbons (Fsp3) is 0.214. The Bertz CT molecular complexity index is 455. The van der Waals surface area contributed by atoms with Crippen molar-refractivity contribution in [3.8, 4) is 4.20 Å². The Kier molecular flexibility index (Phi) is 36.4. The van der Waals surface area contributed by atoms with E-state index in [2.05, 4.69) is 66.6 Å². The van der Waals surface area contributed by atoms with Crippen LogP contribution in [0.25, 0.3) is 0 Å². The Morgan fingerprint density at radius 1 is 1.10 bits per heavy atom. The first-order valence-corrected chi connectivity index (χ1v) is 12.7. The fourth-order valence-corrected chi connectivity index (χ4v) is 3.21. The molecular weight excluding hydrogens is 510 g/mol. The van der Waals surface area contributed by atoms with Crippen molar-refractivity contribution in [2.24, 2.45) is 0 Å². The third-order valence-corrected chi connectivity index (χ3v) is 3.99. The summed E-state index contributed by atoms with van der Waals surface area (Å²) in [4.78, 5) is 10.8. The van der Waals surface area contributed by atoms with E-state index in [0.717, 1.165) is 0 Å². The molecule has 7 heteroatoms. The van der Waals surface area contributed by atoms with Gasteiger partial charge in [0.2, 0.25) is 0 Å². The van der Waals surface area contributed by atoms with E-state index in [-0.39, 0.29) is 0 Å². The third kappa shape index (κ3) is 21.3. The van der Waals surface area contributed by atoms with E-state index in [1.54, 1.807) is 0 Å². The molecule has 0 bridgehead atoms. The van der Waals surface area contributed by atoms with Crippen LogP contribution in [-0.4, -0.2) is 20.4 Å².